The summed E-state index contributed by atoms with van der Waals surface area (Å²) >= 11 is 5.98. The summed E-state index contributed by atoms with van der Waals surface area (Å²) < 4.78 is 0. The third-order valence-electron chi connectivity index (χ3n) is 3.02. The molecule has 0 aliphatic carbocycles. The van der Waals surface area contributed by atoms with Crippen molar-refractivity contribution >= 4 is 29.1 Å². The molecule has 0 heterocycles. The van der Waals surface area contributed by atoms with E-state index >= 15 is 0 Å². The fourth-order valence-electron chi connectivity index (χ4n) is 1.96. The lowest BCUT2D eigenvalue weighted by Crippen LogP contribution is -2.23. The summed E-state index contributed by atoms with van der Waals surface area (Å²) in [5.74, 6) is -0.640. The predicted molar refractivity (Wildman–Crippen MR) is 87.9 cm³/mol. The molecule has 0 radical (unpaired) electrons. The third-order valence-corrected chi connectivity index (χ3v) is 3.35. The molecular weight excluding hydrogens is 314 g/mol. The number of hydrogen-bond donors (Lipinski definition) is 2. The van der Waals surface area contributed by atoms with Crippen molar-refractivity contribution in [2.24, 2.45) is 0 Å². The molecule has 0 aliphatic rings. The minimum atomic E-state index is -0.371. The van der Waals surface area contributed by atoms with E-state index in [1.807, 2.05) is 6.07 Å². The molecule has 2 amide bonds. The fourth-order valence-corrected chi connectivity index (χ4v) is 2.18. The zero-order valence-corrected chi connectivity index (χ0v) is 12.9. The number of anilines is 1. The number of nitriles is 1. The van der Waals surface area contributed by atoms with Gasteiger partial charge in [0.2, 0.25) is 5.91 Å². The molecule has 5 nitrogen and oxygen atoms in total. The molecule has 2 aromatic rings. The smallest absolute Gasteiger partial charge is 0.253 e. The van der Waals surface area contributed by atoms with Crippen molar-refractivity contribution in [2.75, 3.05) is 5.32 Å². The highest BCUT2D eigenvalue weighted by Gasteiger charge is 2.09. The SMILES string of the molecule is N#CCC(=O)Nc1cccc(CNC(=O)c2ccccc2Cl)c1. The highest BCUT2D eigenvalue weighted by Crippen LogP contribution is 2.15. The van der Waals surface area contributed by atoms with Crippen LogP contribution in [0.3, 0.4) is 0 Å². The third kappa shape index (κ3) is 4.83. The van der Waals surface area contributed by atoms with Gasteiger partial charge in [-0.25, -0.2) is 0 Å². The number of nitrogens with zero attached hydrogens (tertiary/aromatic N) is 1. The molecule has 116 valence electrons. The maximum Gasteiger partial charge on any atom is 0.253 e. The van der Waals surface area contributed by atoms with E-state index in [9.17, 15) is 9.59 Å². The Balaban J connectivity index is 1.98. The van der Waals surface area contributed by atoms with Crippen molar-refractivity contribution in [3.63, 3.8) is 0 Å². The predicted octanol–water partition coefficient (Wildman–Crippen LogP) is 3.12. The van der Waals surface area contributed by atoms with Gasteiger partial charge in [0.15, 0.2) is 0 Å². The summed E-state index contributed by atoms with van der Waals surface area (Å²) in [6, 6.07) is 15.6. The minimum Gasteiger partial charge on any atom is -0.348 e. The number of amides is 2. The van der Waals surface area contributed by atoms with Gasteiger partial charge in [-0.15, -0.1) is 0 Å². The topological polar surface area (TPSA) is 82.0 Å². The number of carbonyl (C=O) groups excluding carboxylic acids is 2. The second kappa shape index (κ2) is 7.97. The van der Waals surface area contributed by atoms with E-state index < -0.39 is 0 Å². The molecule has 2 N–H and O–H groups in total. The van der Waals surface area contributed by atoms with E-state index in [2.05, 4.69) is 10.6 Å². The van der Waals surface area contributed by atoms with Crippen molar-refractivity contribution in [3.05, 3.63) is 64.7 Å². The van der Waals surface area contributed by atoms with Gasteiger partial charge in [0, 0.05) is 12.2 Å². The maximum absolute atomic E-state index is 12.1. The largest absolute Gasteiger partial charge is 0.348 e. The molecule has 0 unspecified atom stereocenters. The van der Waals surface area contributed by atoms with Crippen molar-refractivity contribution < 1.29 is 9.59 Å². The monoisotopic (exact) mass is 327 g/mol. The van der Waals surface area contributed by atoms with Crippen molar-refractivity contribution in [3.8, 4) is 6.07 Å². The number of nitrogens with one attached hydrogen (secondary N) is 2. The summed E-state index contributed by atoms with van der Waals surface area (Å²) in [6.45, 7) is 0.298. The van der Waals surface area contributed by atoms with Crippen molar-refractivity contribution in [1.29, 1.82) is 5.26 Å². The minimum absolute atomic E-state index is 0.201. The lowest BCUT2D eigenvalue weighted by Gasteiger charge is -2.09. The van der Waals surface area contributed by atoms with Crippen LogP contribution in [-0.2, 0) is 11.3 Å². The molecule has 0 spiro atoms. The van der Waals surface area contributed by atoms with Gasteiger partial charge in [-0.2, -0.15) is 5.26 Å². The van der Waals surface area contributed by atoms with Gasteiger partial charge in [-0.3, -0.25) is 9.59 Å². The van der Waals surface area contributed by atoms with Crippen LogP contribution in [0.15, 0.2) is 48.5 Å². The highest BCUT2D eigenvalue weighted by molar-refractivity contribution is 6.33. The molecule has 23 heavy (non-hydrogen) atoms. The number of carbonyl (C=O) groups is 2. The van der Waals surface area contributed by atoms with Crippen LogP contribution in [0.2, 0.25) is 5.02 Å². The van der Waals surface area contributed by atoms with E-state index in [1.165, 1.54) is 0 Å². The van der Waals surface area contributed by atoms with Gasteiger partial charge < -0.3 is 10.6 Å². The summed E-state index contributed by atoms with van der Waals surface area (Å²) in [5, 5.41) is 14.3. The number of halogens is 1. The standard InChI is InChI=1S/C17H14ClN3O2/c18-15-7-2-1-6-14(15)17(23)20-11-12-4-3-5-13(10-12)21-16(22)8-9-19/h1-7,10H,8,11H2,(H,20,23)(H,21,22). The van der Waals surface area contributed by atoms with Gasteiger partial charge in [0.1, 0.15) is 6.42 Å². The molecule has 0 saturated heterocycles. The molecular formula is C17H14ClN3O2. The number of hydrogen-bond acceptors (Lipinski definition) is 3. The van der Waals surface area contributed by atoms with Crippen LogP contribution in [0.4, 0.5) is 5.69 Å². The highest BCUT2D eigenvalue weighted by atomic mass is 35.5. The molecule has 6 heteroatoms. The normalized spacial score (nSPS) is 9.74. The Morgan fingerprint density at radius 3 is 2.65 bits per heavy atom. The maximum atomic E-state index is 12.1. The second-order valence-electron chi connectivity index (χ2n) is 4.75. The average Bonchev–Trinajstić information content (AvgIpc) is 2.53. The Kier molecular flexibility index (Phi) is 5.73. The van der Waals surface area contributed by atoms with Gasteiger partial charge in [-0.05, 0) is 29.8 Å². The number of rotatable bonds is 5. The number of benzene rings is 2. The molecule has 0 fully saturated rings. The summed E-state index contributed by atoms with van der Waals surface area (Å²) in [5.41, 5.74) is 1.81. The average molecular weight is 328 g/mol. The van der Waals surface area contributed by atoms with E-state index in [1.54, 1.807) is 48.5 Å². The summed E-state index contributed by atoms with van der Waals surface area (Å²) in [6.07, 6.45) is -0.201. The molecule has 0 atom stereocenters. The zero-order valence-electron chi connectivity index (χ0n) is 12.2. The Morgan fingerprint density at radius 2 is 1.91 bits per heavy atom. The Hall–Kier alpha value is -2.84. The van der Waals surface area contributed by atoms with Crippen LogP contribution >= 0.6 is 11.6 Å². The molecule has 0 aromatic heterocycles. The van der Waals surface area contributed by atoms with Crippen LogP contribution in [0.1, 0.15) is 22.3 Å². The second-order valence-corrected chi connectivity index (χ2v) is 5.15. The van der Waals surface area contributed by atoms with E-state index in [0.29, 0.717) is 22.8 Å². The van der Waals surface area contributed by atoms with Crippen molar-refractivity contribution in [1.82, 2.24) is 5.32 Å². The summed E-state index contributed by atoms with van der Waals surface area (Å²) in [4.78, 5) is 23.5. The molecule has 2 rings (SSSR count). The first-order chi connectivity index (χ1) is 11.1. The van der Waals surface area contributed by atoms with Crippen LogP contribution < -0.4 is 10.6 Å². The lowest BCUT2D eigenvalue weighted by atomic mass is 10.1. The Bertz CT molecular complexity index is 768. The van der Waals surface area contributed by atoms with Crippen LogP contribution in [0.5, 0.6) is 0 Å². The lowest BCUT2D eigenvalue weighted by molar-refractivity contribution is -0.115. The first-order valence-electron chi connectivity index (χ1n) is 6.88. The van der Waals surface area contributed by atoms with E-state index in [0.717, 1.165) is 5.56 Å². The first-order valence-corrected chi connectivity index (χ1v) is 7.26. The van der Waals surface area contributed by atoms with E-state index in [-0.39, 0.29) is 18.2 Å². The molecule has 0 bridgehead atoms. The fraction of sp³-hybridized carbons (Fsp3) is 0.118. The molecule has 0 saturated carbocycles. The quantitative estimate of drug-likeness (QED) is 0.885. The molecule has 2 aromatic carbocycles. The van der Waals surface area contributed by atoms with Crippen molar-refractivity contribution in [2.45, 2.75) is 13.0 Å². The van der Waals surface area contributed by atoms with Crippen LogP contribution in [-0.4, -0.2) is 11.8 Å². The van der Waals surface area contributed by atoms with Crippen LogP contribution in [0, 0.1) is 11.3 Å². The van der Waals surface area contributed by atoms with E-state index in [4.69, 9.17) is 16.9 Å². The van der Waals surface area contributed by atoms with Gasteiger partial charge in [0.05, 0.1) is 16.7 Å². The van der Waals surface area contributed by atoms with Gasteiger partial charge >= 0.3 is 0 Å². The molecule has 0 aliphatic heterocycles. The zero-order chi connectivity index (χ0) is 16.7. The van der Waals surface area contributed by atoms with Crippen LogP contribution in [0.25, 0.3) is 0 Å². The van der Waals surface area contributed by atoms with Gasteiger partial charge in [-0.1, -0.05) is 35.9 Å². The Labute approximate surface area is 138 Å². The summed E-state index contributed by atoms with van der Waals surface area (Å²) in [7, 11) is 0. The Morgan fingerprint density at radius 1 is 1.13 bits per heavy atom. The first kappa shape index (κ1) is 16.5. The van der Waals surface area contributed by atoms with Gasteiger partial charge in [0.25, 0.3) is 5.91 Å².